The molecular formula is C13H24N4S. The van der Waals surface area contributed by atoms with Gasteiger partial charge < -0.3 is 15.1 Å². The van der Waals surface area contributed by atoms with Crippen LogP contribution in [0.15, 0.2) is 5.38 Å². The van der Waals surface area contributed by atoms with E-state index in [1.807, 2.05) is 0 Å². The minimum atomic E-state index is 0.613. The zero-order valence-corrected chi connectivity index (χ0v) is 12.5. The highest BCUT2D eigenvalue weighted by Crippen LogP contribution is 2.16. The predicted molar refractivity (Wildman–Crippen MR) is 77.1 cm³/mol. The number of likely N-dealkylation sites (N-methyl/N-ethyl adjacent to an activating group) is 2. The smallest absolute Gasteiger partial charge is 0.0944 e. The molecule has 1 N–H and O–H groups in total. The molecule has 4 nitrogen and oxygen atoms in total. The van der Waals surface area contributed by atoms with Crippen molar-refractivity contribution >= 4 is 11.3 Å². The Morgan fingerprint density at radius 2 is 2.28 bits per heavy atom. The van der Waals surface area contributed by atoms with E-state index in [0.29, 0.717) is 6.04 Å². The molecular weight excluding hydrogens is 244 g/mol. The van der Waals surface area contributed by atoms with Gasteiger partial charge in [-0.05, 0) is 20.6 Å². The van der Waals surface area contributed by atoms with Crippen LogP contribution in [-0.2, 0) is 13.0 Å². The molecule has 5 heteroatoms. The largest absolute Gasteiger partial charge is 0.311 e. The standard InChI is InChI=1S/C13H24N4S/c1-4-14-8-11-10-18-13(15-11)7-12-9-16(2)5-6-17(12)3/h10,12,14H,4-9H2,1-3H3. The molecule has 1 fully saturated rings. The molecule has 0 aliphatic carbocycles. The Hall–Kier alpha value is -0.490. The van der Waals surface area contributed by atoms with E-state index >= 15 is 0 Å². The highest BCUT2D eigenvalue weighted by Gasteiger charge is 2.23. The molecule has 0 saturated carbocycles. The second kappa shape index (κ2) is 6.61. The van der Waals surface area contributed by atoms with Crippen LogP contribution in [-0.4, -0.2) is 61.1 Å². The first kappa shape index (κ1) is 13.9. The first-order valence-electron chi connectivity index (χ1n) is 6.71. The quantitative estimate of drug-likeness (QED) is 0.865. The zero-order valence-electron chi connectivity index (χ0n) is 11.6. The normalized spacial score (nSPS) is 22.5. The van der Waals surface area contributed by atoms with Crippen molar-refractivity contribution in [2.24, 2.45) is 0 Å². The monoisotopic (exact) mass is 268 g/mol. The molecule has 2 heterocycles. The van der Waals surface area contributed by atoms with Crippen molar-refractivity contribution in [1.29, 1.82) is 0 Å². The third-order valence-corrected chi connectivity index (χ3v) is 4.47. The van der Waals surface area contributed by atoms with Crippen molar-refractivity contribution in [3.8, 4) is 0 Å². The van der Waals surface area contributed by atoms with E-state index in [0.717, 1.165) is 32.6 Å². The fourth-order valence-electron chi connectivity index (χ4n) is 2.30. The Kier molecular flexibility index (Phi) is 5.12. The van der Waals surface area contributed by atoms with Crippen LogP contribution in [0.3, 0.4) is 0 Å². The minimum absolute atomic E-state index is 0.613. The van der Waals surface area contributed by atoms with Crippen molar-refractivity contribution in [3.05, 3.63) is 16.1 Å². The first-order chi connectivity index (χ1) is 8.69. The molecule has 0 amide bonds. The highest BCUT2D eigenvalue weighted by molar-refractivity contribution is 7.09. The number of hydrogen-bond donors (Lipinski definition) is 1. The van der Waals surface area contributed by atoms with Gasteiger partial charge in [-0.2, -0.15) is 0 Å². The van der Waals surface area contributed by atoms with Gasteiger partial charge in [-0.15, -0.1) is 11.3 Å². The van der Waals surface area contributed by atoms with E-state index in [1.165, 1.54) is 17.2 Å². The Morgan fingerprint density at radius 1 is 1.44 bits per heavy atom. The Morgan fingerprint density at radius 3 is 3.06 bits per heavy atom. The van der Waals surface area contributed by atoms with Crippen molar-refractivity contribution in [2.45, 2.75) is 25.9 Å². The van der Waals surface area contributed by atoms with Crippen LogP contribution in [0.2, 0.25) is 0 Å². The number of nitrogens with one attached hydrogen (secondary N) is 1. The fourth-order valence-corrected chi connectivity index (χ4v) is 3.17. The lowest BCUT2D eigenvalue weighted by Gasteiger charge is -2.37. The Balaban J connectivity index is 1.89. The fraction of sp³-hybridized carbons (Fsp3) is 0.769. The molecule has 102 valence electrons. The van der Waals surface area contributed by atoms with Crippen LogP contribution >= 0.6 is 11.3 Å². The predicted octanol–water partition coefficient (Wildman–Crippen LogP) is 1.04. The van der Waals surface area contributed by atoms with Crippen LogP contribution in [0.25, 0.3) is 0 Å². The second-order valence-corrected chi connectivity index (χ2v) is 6.06. The molecule has 1 unspecified atom stereocenters. The molecule has 0 radical (unpaired) electrons. The molecule has 1 saturated heterocycles. The maximum atomic E-state index is 4.71. The van der Waals surface area contributed by atoms with Gasteiger partial charge in [-0.3, -0.25) is 0 Å². The summed E-state index contributed by atoms with van der Waals surface area (Å²) in [6, 6.07) is 0.613. The number of rotatable bonds is 5. The van der Waals surface area contributed by atoms with Crippen LogP contribution in [0.1, 0.15) is 17.6 Å². The number of thiazole rings is 1. The van der Waals surface area contributed by atoms with E-state index in [4.69, 9.17) is 4.98 Å². The van der Waals surface area contributed by atoms with E-state index < -0.39 is 0 Å². The van der Waals surface area contributed by atoms with Crippen molar-refractivity contribution in [1.82, 2.24) is 20.1 Å². The van der Waals surface area contributed by atoms with Gasteiger partial charge in [0.1, 0.15) is 0 Å². The number of nitrogens with zero attached hydrogens (tertiary/aromatic N) is 3. The van der Waals surface area contributed by atoms with Gasteiger partial charge in [-0.25, -0.2) is 4.98 Å². The molecule has 0 bridgehead atoms. The summed E-state index contributed by atoms with van der Waals surface area (Å²) in [5.41, 5.74) is 1.18. The van der Waals surface area contributed by atoms with Gasteiger partial charge in [0, 0.05) is 44.0 Å². The van der Waals surface area contributed by atoms with Gasteiger partial charge in [-0.1, -0.05) is 6.92 Å². The average molecular weight is 268 g/mol. The topological polar surface area (TPSA) is 31.4 Å². The molecule has 0 aromatic carbocycles. The molecule has 1 aromatic rings. The third kappa shape index (κ3) is 3.75. The lowest BCUT2D eigenvalue weighted by atomic mass is 10.1. The highest BCUT2D eigenvalue weighted by atomic mass is 32.1. The summed E-state index contributed by atoms with van der Waals surface area (Å²) in [5.74, 6) is 0. The lowest BCUT2D eigenvalue weighted by Crippen LogP contribution is -2.50. The first-order valence-corrected chi connectivity index (χ1v) is 7.59. The summed E-state index contributed by atoms with van der Waals surface area (Å²) in [7, 11) is 4.43. The van der Waals surface area contributed by atoms with Gasteiger partial charge >= 0.3 is 0 Å². The van der Waals surface area contributed by atoms with Gasteiger partial charge in [0.25, 0.3) is 0 Å². The SMILES string of the molecule is CCNCc1csc(CC2CN(C)CCN2C)n1. The maximum Gasteiger partial charge on any atom is 0.0944 e. The van der Waals surface area contributed by atoms with Gasteiger partial charge in [0.05, 0.1) is 10.7 Å². The zero-order chi connectivity index (χ0) is 13.0. The van der Waals surface area contributed by atoms with Crippen LogP contribution in [0.4, 0.5) is 0 Å². The number of piperazine rings is 1. The van der Waals surface area contributed by atoms with Crippen molar-refractivity contribution in [3.63, 3.8) is 0 Å². The molecule has 1 atom stereocenters. The lowest BCUT2D eigenvalue weighted by molar-refractivity contribution is 0.114. The van der Waals surface area contributed by atoms with Crippen LogP contribution in [0.5, 0.6) is 0 Å². The Bertz CT molecular complexity index is 366. The summed E-state index contributed by atoms with van der Waals surface area (Å²) in [6.07, 6.45) is 1.08. The van der Waals surface area contributed by atoms with Crippen molar-refractivity contribution in [2.75, 3.05) is 40.3 Å². The van der Waals surface area contributed by atoms with E-state index in [2.05, 4.69) is 41.5 Å². The molecule has 2 rings (SSSR count). The van der Waals surface area contributed by atoms with E-state index in [9.17, 15) is 0 Å². The second-order valence-electron chi connectivity index (χ2n) is 5.11. The number of aromatic nitrogens is 1. The molecule has 0 spiro atoms. The summed E-state index contributed by atoms with van der Waals surface area (Å²) in [5, 5.41) is 6.78. The van der Waals surface area contributed by atoms with E-state index in [1.54, 1.807) is 11.3 Å². The summed E-state index contributed by atoms with van der Waals surface area (Å²) in [6.45, 7) is 7.52. The van der Waals surface area contributed by atoms with Crippen LogP contribution < -0.4 is 5.32 Å². The molecule has 1 aliphatic rings. The summed E-state index contributed by atoms with van der Waals surface area (Å²) >= 11 is 1.80. The van der Waals surface area contributed by atoms with Gasteiger partial charge in [0.2, 0.25) is 0 Å². The third-order valence-electron chi connectivity index (χ3n) is 3.55. The van der Waals surface area contributed by atoms with Crippen molar-refractivity contribution < 1.29 is 0 Å². The molecule has 18 heavy (non-hydrogen) atoms. The minimum Gasteiger partial charge on any atom is -0.311 e. The van der Waals surface area contributed by atoms with Gasteiger partial charge in [0.15, 0.2) is 0 Å². The van der Waals surface area contributed by atoms with Crippen LogP contribution in [0, 0.1) is 0 Å². The van der Waals surface area contributed by atoms with E-state index in [-0.39, 0.29) is 0 Å². The molecule has 1 aliphatic heterocycles. The summed E-state index contributed by atoms with van der Waals surface area (Å²) < 4.78 is 0. The Labute approximate surface area is 114 Å². The average Bonchev–Trinajstić information content (AvgIpc) is 2.79. The summed E-state index contributed by atoms with van der Waals surface area (Å²) in [4.78, 5) is 9.59. The number of hydrogen-bond acceptors (Lipinski definition) is 5. The maximum absolute atomic E-state index is 4.71. The molecule has 1 aromatic heterocycles.